The highest BCUT2D eigenvalue weighted by Gasteiger charge is 2.36. The van der Waals surface area contributed by atoms with Crippen molar-refractivity contribution in [3.8, 4) is 0 Å². The van der Waals surface area contributed by atoms with Crippen molar-refractivity contribution in [1.82, 2.24) is 29.9 Å². The molecule has 0 fully saturated rings. The van der Waals surface area contributed by atoms with Crippen LogP contribution in [-0.4, -0.2) is 63.6 Å². The topological polar surface area (TPSA) is 214 Å². The molecule has 0 radical (unpaired) electrons. The average molecular weight is 975 g/mol. The van der Waals surface area contributed by atoms with Gasteiger partial charge in [-0.1, -0.05) is 133 Å². The van der Waals surface area contributed by atoms with Gasteiger partial charge in [-0.3, -0.25) is 0 Å². The van der Waals surface area contributed by atoms with Crippen LogP contribution in [0.4, 0.5) is 0 Å². The summed E-state index contributed by atoms with van der Waals surface area (Å²) in [5.41, 5.74) is -0.700. The van der Waals surface area contributed by atoms with Gasteiger partial charge >= 0.3 is 0 Å². The Morgan fingerprint density at radius 3 is 0.721 bits per heavy atom. The van der Waals surface area contributed by atoms with Crippen molar-refractivity contribution in [1.29, 1.82) is 0 Å². The second-order valence-corrected chi connectivity index (χ2v) is 22.9. The van der Waals surface area contributed by atoms with Gasteiger partial charge in [0.05, 0.1) is 31.0 Å². The van der Waals surface area contributed by atoms with Crippen LogP contribution in [0.25, 0.3) is 33.1 Å². The van der Waals surface area contributed by atoms with Crippen molar-refractivity contribution < 1.29 is 33.7 Å². The lowest BCUT2D eigenvalue weighted by Gasteiger charge is -2.17. The van der Waals surface area contributed by atoms with E-state index in [2.05, 4.69) is 9.97 Å². The minimum atomic E-state index is -4.82. The van der Waals surface area contributed by atoms with Gasteiger partial charge in [0, 0.05) is 12.8 Å². The minimum absolute atomic E-state index is 0.0887. The molecule has 0 unspecified atom stereocenters. The quantitative estimate of drug-likeness (QED) is 0.106. The van der Waals surface area contributed by atoms with E-state index < -0.39 is 59.5 Å². The first-order valence-corrected chi connectivity index (χ1v) is 26.7. The zero-order valence-electron chi connectivity index (χ0n) is 35.3. The van der Waals surface area contributed by atoms with Crippen LogP contribution in [0, 0.1) is 0 Å². The summed E-state index contributed by atoms with van der Waals surface area (Å²) >= 11 is 0. The molecule has 14 nitrogen and oxygen atoms in total. The van der Waals surface area contributed by atoms with E-state index in [1.54, 1.807) is 109 Å². The molecule has 0 spiro atoms. The number of hydrogen-bond donors (Lipinski definition) is 0. The van der Waals surface area contributed by atoms with Gasteiger partial charge in [0.15, 0.2) is 20.1 Å². The van der Waals surface area contributed by atoms with Gasteiger partial charge < -0.3 is 0 Å². The second kappa shape index (κ2) is 17.2. The fourth-order valence-corrected chi connectivity index (χ4v) is 13.6. The lowest BCUT2D eigenvalue weighted by Crippen LogP contribution is -2.17. The number of benzene rings is 7. The maximum atomic E-state index is 14.8. The van der Waals surface area contributed by atoms with Gasteiger partial charge in [0.25, 0.3) is 0 Å². The van der Waals surface area contributed by atoms with Crippen molar-refractivity contribution >= 4 is 72.4 Å². The van der Waals surface area contributed by atoms with Crippen LogP contribution in [0.2, 0.25) is 0 Å². The molecule has 18 heteroatoms. The number of rotatable bonds is 12. The van der Waals surface area contributed by atoms with Crippen LogP contribution in [0.1, 0.15) is 22.5 Å². The van der Waals surface area contributed by atoms with Crippen molar-refractivity contribution in [3.05, 3.63) is 205 Å². The molecule has 0 aliphatic rings. The number of hydrogen-bond acceptors (Lipinski definition) is 14. The highest BCUT2D eigenvalue weighted by atomic mass is 32.2. The van der Waals surface area contributed by atoms with E-state index in [1.807, 2.05) is 0 Å². The predicted octanol–water partition coefficient (Wildman–Crippen LogP) is 8.03. The van der Waals surface area contributed by atoms with Gasteiger partial charge in [-0.05, 0) is 59.7 Å². The summed E-state index contributed by atoms with van der Waals surface area (Å²) < 4.78 is 118. The SMILES string of the molecule is O=S(=O)(c1ccccc1)c1nc2c(nc1Cc1ccccc1)c1nc(S(=O)(=O)c3ccccc3)c(S(=O)(=O)c3ccccc3)nc1c1nc(Cc3ccccc3)c(S(=O)(=O)c3ccccc3)nc12. The van der Waals surface area contributed by atoms with Crippen molar-refractivity contribution in [2.45, 2.75) is 52.5 Å². The molecule has 0 aliphatic heterocycles. The first-order chi connectivity index (χ1) is 32.7. The molecule has 0 saturated heterocycles. The summed E-state index contributed by atoms with van der Waals surface area (Å²) in [4.78, 5) is 27.9. The highest BCUT2D eigenvalue weighted by Crippen LogP contribution is 2.38. The molecule has 336 valence electrons. The Balaban J connectivity index is 1.42. The third kappa shape index (κ3) is 7.85. The van der Waals surface area contributed by atoms with Crippen LogP contribution in [0.3, 0.4) is 0 Å². The number of fused-ring (bicyclic) bond motifs is 6. The molecular formula is C50H34N6O8S4. The van der Waals surface area contributed by atoms with E-state index in [1.165, 1.54) is 72.8 Å². The summed E-state index contributed by atoms with van der Waals surface area (Å²) in [6.45, 7) is 0. The first kappa shape index (κ1) is 44.2. The Hall–Kier alpha value is -7.64. The molecule has 10 aromatic rings. The smallest absolute Gasteiger partial charge is 0.226 e. The third-order valence-corrected chi connectivity index (χ3v) is 18.0. The summed E-state index contributed by atoms with van der Waals surface area (Å²) in [5.74, 6) is 0. The monoisotopic (exact) mass is 974 g/mol. The maximum absolute atomic E-state index is 14.8. The number of nitrogens with zero attached hydrogens (tertiary/aromatic N) is 6. The predicted molar refractivity (Wildman–Crippen MR) is 252 cm³/mol. The van der Waals surface area contributed by atoms with Gasteiger partial charge in [-0.15, -0.1) is 0 Å². The van der Waals surface area contributed by atoms with Crippen LogP contribution in [-0.2, 0) is 52.2 Å². The third-order valence-electron chi connectivity index (χ3n) is 11.0. The molecule has 0 bridgehead atoms. The Labute approximate surface area is 390 Å². The summed E-state index contributed by atoms with van der Waals surface area (Å²) in [6.07, 6.45) is -0.216. The van der Waals surface area contributed by atoms with Crippen LogP contribution in [0.5, 0.6) is 0 Å². The highest BCUT2D eigenvalue weighted by molar-refractivity contribution is 7.94. The van der Waals surface area contributed by atoms with Gasteiger partial charge in [-0.25, -0.2) is 63.6 Å². The van der Waals surface area contributed by atoms with E-state index in [0.29, 0.717) is 11.1 Å². The zero-order chi connectivity index (χ0) is 47.3. The molecule has 3 heterocycles. The normalized spacial score (nSPS) is 12.4. The maximum Gasteiger partial charge on any atom is 0.226 e. The summed E-state index contributed by atoms with van der Waals surface area (Å²) in [5, 5.41) is -2.91. The van der Waals surface area contributed by atoms with E-state index in [0.717, 1.165) is 0 Å². The summed E-state index contributed by atoms with van der Waals surface area (Å²) in [6, 6.07) is 46.9. The molecule has 0 atom stereocenters. The van der Waals surface area contributed by atoms with Gasteiger partial charge in [0.2, 0.25) is 39.3 Å². The minimum Gasteiger partial charge on any atom is -0.245 e. The molecule has 3 aromatic heterocycles. The van der Waals surface area contributed by atoms with Crippen LogP contribution in [0.15, 0.2) is 222 Å². The van der Waals surface area contributed by atoms with Gasteiger partial charge in [-0.2, -0.15) is 0 Å². The first-order valence-electron chi connectivity index (χ1n) is 20.8. The van der Waals surface area contributed by atoms with E-state index in [-0.39, 0.29) is 76.9 Å². The Morgan fingerprint density at radius 1 is 0.250 bits per heavy atom. The fourth-order valence-electron chi connectivity index (χ4n) is 7.74. The van der Waals surface area contributed by atoms with E-state index >= 15 is 0 Å². The lowest BCUT2D eigenvalue weighted by atomic mass is 10.1. The molecular weight excluding hydrogens is 941 g/mol. The van der Waals surface area contributed by atoms with Crippen LogP contribution < -0.4 is 0 Å². The molecule has 0 N–H and O–H groups in total. The second-order valence-electron chi connectivity index (χ2n) is 15.5. The Kier molecular flexibility index (Phi) is 11.2. The van der Waals surface area contributed by atoms with Crippen molar-refractivity contribution in [2.75, 3.05) is 0 Å². The van der Waals surface area contributed by atoms with Crippen molar-refractivity contribution in [2.24, 2.45) is 0 Å². The molecule has 0 amide bonds. The molecule has 0 aliphatic carbocycles. The fraction of sp³-hybridized carbons (Fsp3) is 0.0400. The molecule has 0 saturated carbocycles. The standard InChI is InChI=1S/C50H34N6O8S4/c57-65(58,35-23-11-3-12-24-35)47-39(31-33-19-7-1-8-20-33)51-41-43(53-47)44-42(52-40(32-34-21-9-2-10-22-34)48(54-44)66(59,60)36-25-13-4-14-26-36)46-45(41)55-49(67(61,62)37-27-15-5-16-28-37)50(56-46)68(63,64)38-29-17-6-18-30-38/h1-30H,31-32H2. The number of sulfone groups is 4. The molecule has 10 rings (SSSR count). The largest absolute Gasteiger partial charge is 0.245 e. The Bertz CT molecular complexity index is 3760. The van der Waals surface area contributed by atoms with E-state index in [9.17, 15) is 33.7 Å². The van der Waals surface area contributed by atoms with Gasteiger partial charge in [0.1, 0.15) is 33.1 Å². The number of aromatic nitrogens is 6. The Morgan fingerprint density at radius 2 is 0.456 bits per heavy atom. The van der Waals surface area contributed by atoms with E-state index in [4.69, 9.17) is 19.9 Å². The van der Waals surface area contributed by atoms with Crippen LogP contribution >= 0.6 is 0 Å². The average Bonchev–Trinajstić information content (AvgIpc) is 3.37. The van der Waals surface area contributed by atoms with Crippen molar-refractivity contribution in [3.63, 3.8) is 0 Å². The molecule has 7 aromatic carbocycles. The summed E-state index contributed by atoms with van der Waals surface area (Å²) in [7, 11) is -18.7. The zero-order valence-corrected chi connectivity index (χ0v) is 38.6. The lowest BCUT2D eigenvalue weighted by molar-refractivity contribution is 0.573. The molecule has 68 heavy (non-hydrogen) atoms.